The van der Waals surface area contributed by atoms with Crippen molar-refractivity contribution < 1.29 is 14.2 Å². The zero-order valence-corrected chi connectivity index (χ0v) is 20.6. The SMILES string of the molecule is COCCO[C@H]1CC[C@@H](Nc2ncc3c(-c4ccc5nc(C)n(CCOC)c5n4)ccn3n2)CC1. The number of imidazole rings is 1. The number of nitrogens with one attached hydrogen (secondary N) is 1. The molecule has 0 saturated heterocycles. The Morgan fingerprint density at radius 2 is 1.83 bits per heavy atom. The molecule has 0 atom stereocenters. The van der Waals surface area contributed by atoms with Crippen molar-refractivity contribution in [3.63, 3.8) is 0 Å². The lowest BCUT2D eigenvalue weighted by molar-refractivity contribution is -0.00158. The van der Waals surface area contributed by atoms with E-state index in [1.807, 2.05) is 42.0 Å². The first kappa shape index (κ1) is 23.7. The summed E-state index contributed by atoms with van der Waals surface area (Å²) in [6, 6.07) is 6.41. The van der Waals surface area contributed by atoms with Crippen molar-refractivity contribution in [2.24, 2.45) is 0 Å². The third kappa shape index (κ3) is 5.14. The number of pyridine rings is 1. The van der Waals surface area contributed by atoms with Crippen molar-refractivity contribution >= 4 is 22.6 Å². The van der Waals surface area contributed by atoms with Gasteiger partial charge in [-0.1, -0.05) is 0 Å². The molecule has 1 saturated carbocycles. The first-order valence-corrected chi connectivity index (χ1v) is 12.2. The first-order valence-electron chi connectivity index (χ1n) is 12.2. The van der Waals surface area contributed by atoms with Gasteiger partial charge in [-0.15, -0.1) is 5.10 Å². The quantitative estimate of drug-likeness (QED) is 0.345. The summed E-state index contributed by atoms with van der Waals surface area (Å²) in [5.74, 6) is 1.57. The minimum atomic E-state index is 0.318. The average Bonchev–Trinajstić information content (AvgIpc) is 3.43. The van der Waals surface area contributed by atoms with Gasteiger partial charge in [0.05, 0.1) is 43.3 Å². The molecule has 10 heteroatoms. The molecule has 5 rings (SSSR count). The number of rotatable bonds is 10. The van der Waals surface area contributed by atoms with Crippen LogP contribution < -0.4 is 5.32 Å². The lowest BCUT2D eigenvalue weighted by atomic mass is 9.93. The topological polar surface area (TPSA) is 101 Å². The van der Waals surface area contributed by atoms with Crippen LogP contribution in [0.2, 0.25) is 0 Å². The highest BCUT2D eigenvalue weighted by molar-refractivity contribution is 5.82. The Hall–Kier alpha value is -3.08. The number of fused-ring (bicyclic) bond motifs is 2. The molecule has 0 bridgehead atoms. The molecule has 0 aromatic carbocycles. The minimum absolute atomic E-state index is 0.318. The van der Waals surface area contributed by atoms with E-state index in [1.54, 1.807) is 14.2 Å². The zero-order chi connectivity index (χ0) is 24.2. The van der Waals surface area contributed by atoms with Gasteiger partial charge in [-0.05, 0) is 50.8 Å². The molecule has 0 amide bonds. The molecule has 1 aliphatic carbocycles. The van der Waals surface area contributed by atoms with Gasteiger partial charge in [0.15, 0.2) is 5.65 Å². The van der Waals surface area contributed by atoms with Gasteiger partial charge in [0, 0.05) is 38.6 Å². The van der Waals surface area contributed by atoms with Crippen molar-refractivity contribution in [2.45, 2.75) is 51.3 Å². The molecule has 1 fully saturated rings. The Morgan fingerprint density at radius 1 is 1.00 bits per heavy atom. The van der Waals surface area contributed by atoms with Crippen LogP contribution in [0.25, 0.3) is 27.9 Å². The van der Waals surface area contributed by atoms with Crippen LogP contribution in [0.5, 0.6) is 0 Å². The number of methoxy groups -OCH3 is 2. The maximum absolute atomic E-state index is 5.87. The van der Waals surface area contributed by atoms with Crippen LogP contribution >= 0.6 is 0 Å². The second-order valence-corrected chi connectivity index (χ2v) is 8.97. The van der Waals surface area contributed by atoms with Gasteiger partial charge in [0.1, 0.15) is 11.3 Å². The third-order valence-electron chi connectivity index (χ3n) is 6.64. The van der Waals surface area contributed by atoms with Crippen molar-refractivity contribution in [1.82, 2.24) is 29.1 Å². The average molecular weight is 480 g/mol. The van der Waals surface area contributed by atoms with Crippen LogP contribution in [0.15, 0.2) is 30.6 Å². The van der Waals surface area contributed by atoms with Gasteiger partial charge in [0.25, 0.3) is 0 Å². The highest BCUT2D eigenvalue weighted by Crippen LogP contribution is 2.27. The molecule has 0 aliphatic heterocycles. The van der Waals surface area contributed by atoms with E-state index in [4.69, 9.17) is 24.3 Å². The Morgan fingerprint density at radius 3 is 2.63 bits per heavy atom. The highest BCUT2D eigenvalue weighted by atomic mass is 16.5. The molecule has 4 aromatic rings. The maximum Gasteiger partial charge on any atom is 0.241 e. The number of hydrogen-bond donors (Lipinski definition) is 1. The molecular formula is C25H33N7O3. The van der Waals surface area contributed by atoms with E-state index in [2.05, 4.69) is 19.9 Å². The third-order valence-corrected chi connectivity index (χ3v) is 6.64. The molecule has 4 heterocycles. The lowest BCUT2D eigenvalue weighted by Gasteiger charge is -2.29. The summed E-state index contributed by atoms with van der Waals surface area (Å²) in [4.78, 5) is 14.2. The second kappa shape index (κ2) is 10.7. The maximum atomic E-state index is 5.87. The van der Waals surface area contributed by atoms with Gasteiger partial charge in [-0.3, -0.25) is 0 Å². The summed E-state index contributed by atoms with van der Waals surface area (Å²) in [7, 11) is 3.40. The van der Waals surface area contributed by atoms with E-state index >= 15 is 0 Å². The molecule has 0 unspecified atom stereocenters. The molecule has 35 heavy (non-hydrogen) atoms. The standard InChI is InChI=1S/C25H33N7O3/c1-17-27-22-9-8-21(29-24(22)31(17)12-13-33-2)20-10-11-32-23(20)16-26-25(30-32)28-18-4-6-19(7-5-18)35-15-14-34-3/h8-11,16,18-19H,4-7,12-15H2,1-3H3,(H,28,30)/t18-,19+. The molecule has 4 aromatic heterocycles. The van der Waals surface area contributed by atoms with Crippen LogP contribution in [0.1, 0.15) is 31.5 Å². The van der Waals surface area contributed by atoms with Crippen molar-refractivity contribution in [1.29, 1.82) is 0 Å². The van der Waals surface area contributed by atoms with Crippen LogP contribution in [0.3, 0.4) is 0 Å². The summed E-state index contributed by atoms with van der Waals surface area (Å²) in [5, 5.41) is 8.21. The van der Waals surface area contributed by atoms with E-state index in [0.29, 0.717) is 44.5 Å². The minimum Gasteiger partial charge on any atom is -0.383 e. The first-order chi connectivity index (χ1) is 17.2. The van der Waals surface area contributed by atoms with Gasteiger partial charge in [-0.25, -0.2) is 19.5 Å². The number of ether oxygens (including phenoxy) is 3. The van der Waals surface area contributed by atoms with Crippen molar-refractivity contribution in [3.8, 4) is 11.3 Å². The van der Waals surface area contributed by atoms with E-state index in [1.165, 1.54) is 0 Å². The molecular weight excluding hydrogens is 446 g/mol. The van der Waals surface area contributed by atoms with E-state index in [0.717, 1.165) is 59.4 Å². The summed E-state index contributed by atoms with van der Waals surface area (Å²) in [6.07, 6.45) is 8.28. The molecule has 186 valence electrons. The Kier molecular flexibility index (Phi) is 7.21. The fraction of sp³-hybridized carbons (Fsp3) is 0.520. The summed E-state index contributed by atoms with van der Waals surface area (Å²) in [6.45, 7) is 4.62. The molecule has 1 N–H and O–H groups in total. The number of nitrogens with zero attached hydrogens (tertiary/aromatic N) is 6. The highest BCUT2D eigenvalue weighted by Gasteiger charge is 2.22. The van der Waals surface area contributed by atoms with Crippen molar-refractivity contribution in [3.05, 3.63) is 36.4 Å². The molecule has 0 spiro atoms. The van der Waals surface area contributed by atoms with Gasteiger partial charge >= 0.3 is 0 Å². The van der Waals surface area contributed by atoms with Gasteiger partial charge in [-0.2, -0.15) is 0 Å². The Bertz CT molecular complexity index is 1280. The number of aromatic nitrogens is 6. The summed E-state index contributed by atoms with van der Waals surface area (Å²) in [5.41, 5.74) is 4.51. The fourth-order valence-corrected chi connectivity index (χ4v) is 4.75. The largest absolute Gasteiger partial charge is 0.383 e. The van der Waals surface area contributed by atoms with E-state index in [9.17, 15) is 0 Å². The monoisotopic (exact) mass is 479 g/mol. The van der Waals surface area contributed by atoms with E-state index in [-0.39, 0.29) is 0 Å². The summed E-state index contributed by atoms with van der Waals surface area (Å²) >= 11 is 0. The predicted octanol–water partition coefficient (Wildman–Crippen LogP) is 3.48. The number of anilines is 1. The second-order valence-electron chi connectivity index (χ2n) is 8.97. The normalized spacial score (nSPS) is 18.5. The van der Waals surface area contributed by atoms with Crippen LogP contribution in [0.4, 0.5) is 5.95 Å². The molecule has 1 aliphatic rings. The smallest absolute Gasteiger partial charge is 0.241 e. The van der Waals surface area contributed by atoms with Crippen LogP contribution in [0, 0.1) is 6.92 Å². The molecule has 0 radical (unpaired) electrons. The van der Waals surface area contributed by atoms with Gasteiger partial charge < -0.3 is 24.1 Å². The van der Waals surface area contributed by atoms with Crippen LogP contribution in [-0.4, -0.2) is 75.3 Å². The van der Waals surface area contributed by atoms with E-state index < -0.39 is 0 Å². The lowest BCUT2D eigenvalue weighted by Crippen LogP contribution is -2.31. The van der Waals surface area contributed by atoms with Gasteiger partial charge in [0.2, 0.25) is 5.95 Å². The number of aryl methyl sites for hydroxylation is 1. The Labute approximate surface area is 204 Å². The number of hydrogen-bond acceptors (Lipinski definition) is 8. The summed E-state index contributed by atoms with van der Waals surface area (Å²) < 4.78 is 20.2. The fourth-order valence-electron chi connectivity index (χ4n) is 4.75. The van der Waals surface area contributed by atoms with Crippen molar-refractivity contribution in [2.75, 3.05) is 39.4 Å². The van der Waals surface area contributed by atoms with Crippen LogP contribution in [-0.2, 0) is 20.8 Å². The predicted molar refractivity (Wildman–Crippen MR) is 134 cm³/mol. The molecule has 10 nitrogen and oxygen atoms in total. The zero-order valence-electron chi connectivity index (χ0n) is 20.6. The Balaban J connectivity index is 1.30.